The minimum absolute atomic E-state index is 0.0511. The molecule has 1 N–H and O–H groups in total. The second-order valence-electron chi connectivity index (χ2n) is 4.17. The molecule has 104 valence electrons. The van der Waals surface area contributed by atoms with Crippen molar-refractivity contribution in [3.8, 4) is 0 Å². The van der Waals surface area contributed by atoms with Gasteiger partial charge in [-0.1, -0.05) is 29.8 Å². The van der Waals surface area contributed by atoms with Gasteiger partial charge in [0.05, 0.1) is 16.0 Å². The summed E-state index contributed by atoms with van der Waals surface area (Å²) >= 11 is 5.68. The van der Waals surface area contributed by atoms with Gasteiger partial charge in [-0.05, 0) is 13.0 Å². The lowest BCUT2D eigenvalue weighted by atomic mass is 10.1. The summed E-state index contributed by atoms with van der Waals surface area (Å²) in [5.74, 6) is -0.334. The molecule has 5 nitrogen and oxygen atoms in total. The molecule has 0 fully saturated rings. The van der Waals surface area contributed by atoms with E-state index in [-0.39, 0.29) is 22.3 Å². The summed E-state index contributed by atoms with van der Waals surface area (Å²) in [6.45, 7) is 1.69. The summed E-state index contributed by atoms with van der Waals surface area (Å²) < 4.78 is 13.7. The Hall–Kier alpha value is -2.21. The molecule has 0 aliphatic carbocycles. The lowest BCUT2D eigenvalue weighted by Crippen LogP contribution is -2.11. The smallest absolute Gasteiger partial charge is 0.312 e. The van der Waals surface area contributed by atoms with Crippen molar-refractivity contribution < 1.29 is 9.31 Å². The maximum absolute atomic E-state index is 13.7. The number of benzene rings is 1. The third-order valence-electron chi connectivity index (χ3n) is 2.76. The average molecular weight is 296 g/mol. The molecular formula is C13H11ClFN3O2. The maximum atomic E-state index is 13.7. The molecule has 0 aliphatic rings. The molecule has 0 saturated heterocycles. The van der Waals surface area contributed by atoms with E-state index in [9.17, 15) is 14.5 Å². The molecule has 0 saturated carbocycles. The van der Waals surface area contributed by atoms with Gasteiger partial charge in [-0.25, -0.2) is 9.37 Å². The summed E-state index contributed by atoms with van der Waals surface area (Å²) in [5, 5.41) is 13.9. The predicted octanol–water partition coefficient (Wildman–Crippen LogP) is 3.96. The highest BCUT2D eigenvalue weighted by Crippen LogP contribution is 2.28. The number of hydrogen-bond acceptors (Lipinski definition) is 4. The van der Waals surface area contributed by atoms with Crippen molar-refractivity contribution in [2.45, 2.75) is 13.0 Å². The zero-order chi connectivity index (χ0) is 14.7. The standard InChI is InChI=1S/C13H11ClFN3O2/c1-8(10-4-2-3-5-11(10)15)17-13-12(18(19)20)6-9(14)7-16-13/h2-8H,1H3,(H,16,17). The fourth-order valence-electron chi connectivity index (χ4n) is 1.79. The van der Waals surface area contributed by atoms with Crippen LogP contribution in [-0.4, -0.2) is 9.91 Å². The van der Waals surface area contributed by atoms with E-state index in [4.69, 9.17) is 11.6 Å². The second kappa shape index (κ2) is 5.83. The van der Waals surface area contributed by atoms with Crippen LogP contribution in [0.15, 0.2) is 36.5 Å². The highest BCUT2D eigenvalue weighted by molar-refractivity contribution is 6.30. The van der Waals surface area contributed by atoms with Crippen molar-refractivity contribution in [2.75, 3.05) is 5.32 Å². The average Bonchev–Trinajstić information content (AvgIpc) is 2.41. The fourth-order valence-corrected chi connectivity index (χ4v) is 1.94. The van der Waals surface area contributed by atoms with Crippen LogP contribution in [0.1, 0.15) is 18.5 Å². The molecule has 1 heterocycles. The number of nitrogens with one attached hydrogen (secondary N) is 1. The summed E-state index contributed by atoms with van der Waals surface area (Å²) in [7, 11) is 0. The Bertz CT molecular complexity index is 651. The summed E-state index contributed by atoms with van der Waals surface area (Å²) in [5.41, 5.74) is 0.152. The largest absolute Gasteiger partial charge is 0.358 e. The first-order valence-electron chi connectivity index (χ1n) is 5.80. The Morgan fingerprint density at radius 2 is 2.15 bits per heavy atom. The van der Waals surface area contributed by atoms with Crippen LogP contribution in [0.5, 0.6) is 0 Å². The highest BCUT2D eigenvalue weighted by Gasteiger charge is 2.19. The molecule has 0 amide bonds. The molecule has 0 spiro atoms. The zero-order valence-electron chi connectivity index (χ0n) is 10.5. The highest BCUT2D eigenvalue weighted by atomic mass is 35.5. The number of rotatable bonds is 4. The molecule has 0 radical (unpaired) electrons. The number of pyridine rings is 1. The van der Waals surface area contributed by atoms with Crippen molar-refractivity contribution in [2.24, 2.45) is 0 Å². The molecule has 2 aromatic rings. The molecule has 0 bridgehead atoms. The van der Waals surface area contributed by atoms with Crippen LogP contribution in [0.3, 0.4) is 0 Å². The van der Waals surface area contributed by atoms with Crippen LogP contribution in [-0.2, 0) is 0 Å². The third-order valence-corrected chi connectivity index (χ3v) is 2.96. The minimum Gasteiger partial charge on any atom is -0.358 e. The molecule has 1 atom stereocenters. The van der Waals surface area contributed by atoms with Crippen LogP contribution in [0.25, 0.3) is 0 Å². The van der Waals surface area contributed by atoms with E-state index in [1.807, 2.05) is 0 Å². The number of nitrogens with zero attached hydrogens (tertiary/aromatic N) is 2. The maximum Gasteiger partial charge on any atom is 0.312 e. The first-order chi connectivity index (χ1) is 9.49. The number of anilines is 1. The van der Waals surface area contributed by atoms with Gasteiger partial charge in [-0.15, -0.1) is 0 Å². The molecule has 2 rings (SSSR count). The topological polar surface area (TPSA) is 68.1 Å². The van der Waals surface area contributed by atoms with Gasteiger partial charge in [0.1, 0.15) is 5.82 Å². The Labute approximate surface area is 119 Å². The van der Waals surface area contributed by atoms with Crippen molar-refractivity contribution in [1.82, 2.24) is 4.98 Å². The van der Waals surface area contributed by atoms with Gasteiger partial charge in [0.2, 0.25) is 5.82 Å². The van der Waals surface area contributed by atoms with Crippen LogP contribution in [0, 0.1) is 15.9 Å². The van der Waals surface area contributed by atoms with E-state index < -0.39 is 11.0 Å². The Morgan fingerprint density at radius 1 is 1.45 bits per heavy atom. The minimum atomic E-state index is -0.588. The number of hydrogen-bond donors (Lipinski definition) is 1. The number of aromatic nitrogens is 1. The molecule has 20 heavy (non-hydrogen) atoms. The lowest BCUT2D eigenvalue weighted by Gasteiger charge is -2.15. The summed E-state index contributed by atoms with van der Waals surface area (Å²) in [4.78, 5) is 14.3. The van der Waals surface area contributed by atoms with Gasteiger partial charge in [-0.2, -0.15) is 0 Å². The second-order valence-corrected chi connectivity index (χ2v) is 4.60. The summed E-state index contributed by atoms with van der Waals surface area (Å²) in [6, 6.07) is 6.94. The molecular weight excluding hydrogens is 285 g/mol. The molecule has 1 aromatic carbocycles. The predicted molar refractivity (Wildman–Crippen MR) is 74.3 cm³/mol. The monoisotopic (exact) mass is 295 g/mol. The van der Waals surface area contributed by atoms with Crippen molar-refractivity contribution in [1.29, 1.82) is 0 Å². The van der Waals surface area contributed by atoms with E-state index in [0.29, 0.717) is 5.56 Å². The number of nitro groups is 1. The quantitative estimate of drug-likeness (QED) is 0.685. The normalized spacial score (nSPS) is 11.9. The third kappa shape index (κ3) is 3.03. The van der Waals surface area contributed by atoms with E-state index in [1.54, 1.807) is 25.1 Å². The van der Waals surface area contributed by atoms with E-state index >= 15 is 0 Å². The Morgan fingerprint density at radius 3 is 2.80 bits per heavy atom. The van der Waals surface area contributed by atoms with Gasteiger partial charge < -0.3 is 5.32 Å². The summed E-state index contributed by atoms with van der Waals surface area (Å²) in [6.07, 6.45) is 1.30. The van der Waals surface area contributed by atoms with Crippen molar-refractivity contribution in [3.63, 3.8) is 0 Å². The van der Waals surface area contributed by atoms with Gasteiger partial charge >= 0.3 is 5.69 Å². The van der Waals surface area contributed by atoms with Crippen molar-refractivity contribution in [3.05, 3.63) is 63.0 Å². The van der Waals surface area contributed by atoms with Gasteiger partial charge in [-0.3, -0.25) is 10.1 Å². The molecule has 1 unspecified atom stereocenters. The zero-order valence-corrected chi connectivity index (χ0v) is 11.3. The molecule has 0 aliphatic heterocycles. The lowest BCUT2D eigenvalue weighted by molar-refractivity contribution is -0.384. The Balaban J connectivity index is 2.31. The van der Waals surface area contributed by atoms with Crippen LogP contribution >= 0.6 is 11.6 Å². The van der Waals surface area contributed by atoms with Gasteiger partial charge in [0.25, 0.3) is 0 Å². The van der Waals surface area contributed by atoms with E-state index in [0.717, 1.165) is 0 Å². The van der Waals surface area contributed by atoms with Crippen LogP contribution in [0.4, 0.5) is 15.9 Å². The van der Waals surface area contributed by atoms with Gasteiger partial charge in [0, 0.05) is 17.8 Å². The van der Waals surface area contributed by atoms with E-state index in [1.165, 1.54) is 18.3 Å². The molecule has 1 aromatic heterocycles. The van der Waals surface area contributed by atoms with E-state index in [2.05, 4.69) is 10.3 Å². The van der Waals surface area contributed by atoms with Crippen molar-refractivity contribution >= 4 is 23.1 Å². The number of halogens is 2. The van der Waals surface area contributed by atoms with Crippen LogP contribution in [0.2, 0.25) is 5.02 Å². The molecule has 7 heteroatoms. The SMILES string of the molecule is CC(Nc1ncc(Cl)cc1[N+](=O)[O-])c1ccccc1F. The Kier molecular flexibility index (Phi) is 4.14. The first-order valence-corrected chi connectivity index (χ1v) is 6.17. The van der Waals surface area contributed by atoms with Gasteiger partial charge in [0.15, 0.2) is 0 Å². The fraction of sp³-hybridized carbons (Fsp3) is 0.154. The first kappa shape index (κ1) is 14.2. The van der Waals surface area contributed by atoms with Crippen LogP contribution < -0.4 is 5.32 Å².